The van der Waals surface area contributed by atoms with E-state index in [0.29, 0.717) is 11.3 Å². The first-order valence-electron chi connectivity index (χ1n) is 8.73. The van der Waals surface area contributed by atoms with Crippen molar-refractivity contribution in [3.63, 3.8) is 0 Å². The zero-order chi connectivity index (χ0) is 22.1. The number of nitriles is 1. The van der Waals surface area contributed by atoms with Crippen molar-refractivity contribution in [3.8, 4) is 6.07 Å². The van der Waals surface area contributed by atoms with Gasteiger partial charge in [0.15, 0.2) is 12.4 Å². The number of Topliss-reactive ketones (excluding diaryl/α,β-unsaturated/α-hetero) is 1. The first kappa shape index (κ1) is 22.7. The number of carbonyl (C=O) groups excluding carboxylic acids is 3. The van der Waals surface area contributed by atoms with Crippen molar-refractivity contribution in [2.75, 3.05) is 24.6 Å². The molecule has 2 rings (SSSR count). The van der Waals surface area contributed by atoms with Crippen molar-refractivity contribution in [1.82, 2.24) is 4.72 Å². The Kier molecular flexibility index (Phi) is 7.80. The molecule has 9 nitrogen and oxygen atoms in total. The van der Waals surface area contributed by atoms with Gasteiger partial charge in [0, 0.05) is 11.3 Å². The molecular weight excluding hydrogens is 410 g/mol. The third-order valence-corrected chi connectivity index (χ3v) is 5.35. The molecule has 2 aromatic rings. The second kappa shape index (κ2) is 10.3. The molecule has 1 N–H and O–H groups in total. The minimum absolute atomic E-state index is 0.124. The van der Waals surface area contributed by atoms with Gasteiger partial charge < -0.3 is 4.74 Å². The highest BCUT2D eigenvalue weighted by atomic mass is 32.2. The molecule has 10 heteroatoms. The van der Waals surface area contributed by atoms with Crippen LogP contribution in [0.3, 0.4) is 0 Å². The van der Waals surface area contributed by atoms with Gasteiger partial charge in [-0.25, -0.2) is 8.42 Å². The van der Waals surface area contributed by atoms with Crippen LogP contribution in [0.15, 0.2) is 59.5 Å². The number of para-hydroxylation sites is 1. The number of anilines is 1. The number of sulfonamides is 1. The van der Waals surface area contributed by atoms with E-state index < -0.39 is 35.1 Å². The Morgan fingerprint density at radius 3 is 2.27 bits per heavy atom. The quantitative estimate of drug-likeness (QED) is 0.360. The molecule has 0 saturated heterocycles. The van der Waals surface area contributed by atoms with Crippen LogP contribution >= 0.6 is 0 Å². The summed E-state index contributed by atoms with van der Waals surface area (Å²) in [5.74, 6) is -1.79. The smallest absolute Gasteiger partial charge is 0.321 e. The Balaban J connectivity index is 1.91. The number of amides is 1. The Morgan fingerprint density at radius 2 is 1.70 bits per heavy atom. The Bertz CT molecular complexity index is 1060. The lowest BCUT2D eigenvalue weighted by atomic mass is 10.2. The molecule has 0 radical (unpaired) electrons. The van der Waals surface area contributed by atoms with Crippen molar-refractivity contribution >= 4 is 33.4 Å². The lowest BCUT2D eigenvalue weighted by molar-refractivity contribution is -0.146. The van der Waals surface area contributed by atoms with Gasteiger partial charge in [0.05, 0.1) is 11.0 Å². The summed E-state index contributed by atoms with van der Waals surface area (Å²) in [6.45, 7) is -0.212. The van der Waals surface area contributed by atoms with E-state index in [4.69, 9.17) is 10.00 Å². The van der Waals surface area contributed by atoms with E-state index in [-0.39, 0.29) is 17.2 Å². The fraction of sp³-hybridized carbons (Fsp3) is 0.200. The molecule has 0 unspecified atom stereocenters. The molecule has 0 atom stereocenters. The zero-order valence-electron chi connectivity index (χ0n) is 16.1. The Labute approximate surface area is 173 Å². The number of carbonyl (C=O) groups is 3. The number of esters is 1. The van der Waals surface area contributed by atoms with Crippen LogP contribution in [0.4, 0.5) is 5.69 Å². The maximum Gasteiger partial charge on any atom is 0.321 e. The van der Waals surface area contributed by atoms with E-state index in [2.05, 4.69) is 4.72 Å². The first-order chi connectivity index (χ1) is 14.2. The maximum atomic E-state index is 12.3. The van der Waals surface area contributed by atoms with Crippen LogP contribution in [-0.4, -0.2) is 45.8 Å². The maximum absolute atomic E-state index is 12.3. The van der Waals surface area contributed by atoms with Crippen LogP contribution in [-0.2, 0) is 24.3 Å². The van der Waals surface area contributed by atoms with E-state index in [9.17, 15) is 22.8 Å². The predicted octanol–water partition coefficient (Wildman–Crippen LogP) is 1.27. The Hall–Kier alpha value is -3.55. The summed E-state index contributed by atoms with van der Waals surface area (Å²) < 4.78 is 31.3. The van der Waals surface area contributed by atoms with Crippen molar-refractivity contribution < 1.29 is 27.5 Å². The minimum atomic E-state index is -4.00. The molecule has 0 aliphatic rings. The summed E-state index contributed by atoms with van der Waals surface area (Å²) in [4.78, 5) is 36.4. The van der Waals surface area contributed by atoms with Gasteiger partial charge in [0.25, 0.3) is 5.91 Å². The standard InChI is InChI=1S/C20H19N3O6S/c1-15(24)16-7-9-18(10-8-16)30(27,28)22-13-20(26)29-14-19(25)23(12-11-21)17-5-3-2-4-6-17/h2-10,22H,12-14H2,1H3. The SMILES string of the molecule is CC(=O)c1ccc(S(=O)(=O)NCC(=O)OCC(=O)N(CC#N)c2ccccc2)cc1. The third kappa shape index (κ3) is 6.23. The molecule has 0 aliphatic carbocycles. The van der Waals surface area contributed by atoms with E-state index >= 15 is 0 Å². The summed E-state index contributed by atoms with van der Waals surface area (Å²) in [5, 5.41) is 8.91. The van der Waals surface area contributed by atoms with E-state index in [1.807, 2.05) is 6.07 Å². The fourth-order valence-corrected chi connectivity index (χ4v) is 3.35. The molecule has 0 aromatic heterocycles. The number of hydrogen-bond donors (Lipinski definition) is 1. The van der Waals surface area contributed by atoms with Gasteiger partial charge in [-0.15, -0.1) is 0 Å². The van der Waals surface area contributed by atoms with Gasteiger partial charge in [-0.1, -0.05) is 30.3 Å². The van der Waals surface area contributed by atoms with Crippen LogP contribution in [0.1, 0.15) is 17.3 Å². The number of benzene rings is 2. The van der Waals surface area contributed by atoms with E-state index in [1.165, 1.54) is 31.2 Å². The molecule has 0 saturated carbocycles. The average molecular weight is 429 g/mol. The highest BCUT2D eigenvalue weighted by Crippen LogP contribution is 2.13. The number of hydrogen-bond acceptors (Lipinski definition) is 7. The predicted molar refractivity (Wildman–Crippen MR) is 107 cm³/mol. The summed E-state index contributed by atoms with van der Waals surface area (Å²) in [6, 6.07) is 15.5. The number of rotatable bonds is 9. The molecule has 0 heterocycles. The van der Waals surface area contributed by atoms with Crippen LogP contribution in [0.2, 0.25) is 0 Å². The second-order valence-electron chi connectivity index (χ2n) is 6.04. The van der Waals surface area contributed by atoms with Gasteiger partial charge in [-0.3, -0.25) is 19.3 Å². The first-order valence-corrected chi connectivity index (χ1v) is 10.2. The molecule has 1 amide bonds. The van der Waals surface area contributed by atoms with Crippen molar-refractivity contribution in [3.05, 3.63) is 60.2 Å². The van der Waals surface area contributed by atoms with Crippen molar-refractivity contribution in [2.24, 2.45) is 0 Å². The van der Waals surface area contributed by atoms with Gasteiger partial charge in [-0.05, 0) is 31.2 Å². The molecular formula is C20H19N3O6S. The van der Waals surface area contributed by atoms with E-state index in [1.54, 1.807) is 30.3 Å². The highest BCUT2D eigenvalue weighted by molar-refractivity contribution is 7.89. The molecule has 2 aromatic carbocycles. The second-order valence-corrected chi connectivity index (χ2v) is 7.81. The molecule has 156 valence electrons. The molecule has 0 spiro atoms. The zero-order valence-corrected chi connectivity index (χ0v) is 16.9. The number of nitrogens with zero attached hydrogens (tertiary/aromatic N) is 2. The Morgan fingerprint density at radius 1 is 1.07 bits per heavy atom. The molecule has 30 heavy (non-hydrogen) atoms. The monoisotopic (exact) mass is 429 g/mol. The normalized spacial score (nSPS) is 10.7. The topological polar surface area (TPSA) is 134 Å². The number of nitrogens with one attached hydrogen (secondary N) is 1. The van der Waals surface area contributed by atoms with Crippen LogP contribution < -0.4 is 9.62 Å². The summed E-state index contributed by atoms with van der Waals surface area (Å²) in [6.07, 6.45) is 0. The third-order valence-electron chi connectivity index (χ3n) is 3.93. The van der Waals surface area contributed by atoms with Crippen molar-refractivity contribution in [2.45, 2.75) is 11.8 Å². The average Bonchev–Trinajstić information content (AvgIpc) is 2.75. The van der Waals surface area contributed by atoms with Crippen LogP contribution in [0.25, 0.3) is 0 Å². The lowest BCUT2D eigenvalue weighted by Gasteiger charge is -2.19. The number of ketones is 1. The highest BCUT2D eigenvalue weighted by Gasteiger charge is 2.19. The molecule has 0 aliphatic heterocycles. The van der Waals surface area contributed by atoms with Gasteiger partial charge in [-0.2, -0.15) is 9.98 Å². The molecule has 0 fully saturated rings. The largest absolute Gasteiger partial charge is 0.455 e. The minimum Gasteiger partial charge on any atom is -0.455 e. The van der Waals surface area contributed by atoms with Gasteiger partial charge in [0.1, 0.15) is 13.1 Å². The molecule has 0 bridgehead atoms. The number of ether oxygens (including phenoxy) is 1. The summed E-state index contributed by atoms with van der Waals surface area (Å²) in [7, 11) is -4.00. The van der Waals surface area contributed by atoms with E-state index in [0.717, 1.165) is 4.90 Å². The lowest BCUT2D eigenvalue weighted by Crippen LogP contribution is -2.37. The van der Waals surface area contributed by atoms with Gasteiger partial charge in [0.2, 0.25) is 10.0 Å². The van der Waals surface area contributed by atoms with Gasteiger partial charge >= 0.3 is 5.97 Å². The van der Waals surface area contributed by atoms with Crippen LogP contribution in [0.5, 0.6) is 0 Å². The summed E-state index contributed by atoms with van der Waals surface area (Å²) >= 11 is 0. The summed E-state index contributed by atoms with van der Waals surface area (Å²) in [5.41, 5.74) is 0.821. The van der Waals surface area contributed by atoms with Crippen LogP contribution in [0, 0.1) is 11.3 Å². The fourth-order valence-electron chi connectivity index (χ4n) is 2.38. The van der Waals surface area contributed by atoms with Crippen molar-refractivity contribution in [1.29, 1.82) is 5.26 Å².